The number of fused-ring (bicyclic) bond motifs is 3. The number of furan rings is 1. The Morgan fingerprint density at radius 3 is 2.65 bits per heavy atom. The highest BCUT2D eigenvalue weighted by atomic mass is 16.5. The van der Waals surface area contributed by atoms with Crippen molar-refractivity contribution >= 4 is 5.78 Å². The molecule has 5 nitrogen and oxygen atoms in total. The van der Waals surface area contributed by atoms with E-state index in [0.29, 0.717) is 28.4 Å². The molecule has 2 N–H and O–H groups in total. The molecule has 0 spiro atoms. The lowest BCUT2D eigenvalue weighted by molar-refractivity contribution is 0.0381. The number of methoxy groups -OCH3 is 1. The summed E-state index contributed by atoms with van der Waals surface area (Å²) in [6.07, 6.45) is 0. The van der Waals surface area contributed by atoms with E-state index in [2.05, 4.69) is 0 Å². The van der Waals surface area contributed by atoms with Crippen molar-refractivity contribution in [3.63, 3.8) is 0 Å². The molecule has 20 heavy (non-hydrogen) atoms. The second-order valence-electron chi connectivity index (χ2n) is 5.07. The predicted octanol–water partition coefficient (Wildman–Crippen LogP) is 2.37. The van der Waals surface area contributed by atoms with Gasteiger partial charge in [0, 0.05) is 17.2 Å². The van der Waals surface area contributed by atoms with Gasteiger partial charge in [-0.2, -0.15) is 0 Å². The van der Waals surface area contributed by atoms with Crippen LogP contribution in [0.15, 0.2) is 22.6 Å². The van der Waals surface area contributed by atoms with Crippen LogP contribution in [0.5, 0.6) is 11.5 Å². The second kappa shape index (κ2) is 3.86. The maximum absolute atomic E-state index is 12.4. The molecule has 1 aliphatic rings. The number of carbonyl (C=O) groups is 1. The number of carbonyl (C=O) groups excluding carboxylic acids is 1. The van der Waals surface area contributed by atoms with Crippen LogP contribution in [0.1, 0.15) is 28.6 Å². The van der Waals surface area contributed by atoms with Crippen LogP contribution in [-0.4, -0.2) is 23.1 Å². The Hall–Kier alpha value is -2.27. The molecule has 1 heterocycles. The van der Waals surface area contributed by atoms with Crippen molar-refractivity contribution in [2.45, 2.75) is 19.4 Å². The van der Waals surface area contributed by atoms with Crippen LogP contribution in [-0.2, 0) is 5.60 Å². The Balaban J connectivity index is 2.41. The van der Waals surface area contributed by atoms with Gasteiger partial charge in [0.05, 0.1) is 12.7 Å². The molecule has 3 rings (SSSR count). The first kappa shape index (κ1) is 12.7. The molecule has 0 bridgehead atoms. The molecule has 0 saturated heterocycles. The summed E-state index contributed by atoms with van der Waals surface area (Å²) in [7, 11) is 1.47. The maximum atomic E-state index is 12.4. The van der Waals surface area contributed by atoms with Crippen LogP contribution in [0.2, 0.25) is 0 Å². The van der Waals surface area contributed by atoms with Gasteiger partial charge in [-0.1, -0.05) is 0 Å². The third kappa shape index (κ3) is 1.50. The number of Topliss-reactive ketones (excluding diaryl/α,β-unsaturated/α-hetero) is 1. The van der Waals surface area contributed by atoms with Crippen LogP contribution in [0.25, 0.3) is 11.3 Å². The number of ether oxygens (including phenoxy) is 1. The zero-order chi connectivity index (χ0) is 14.7. The molecule has 1 aromatic carbocycles. The minimum atomic E-state index is -1.72. The normalized spacial score (nSPS) is 20.5. The van der Waals surface area contributed by atoms with Crippen LogP contribution in [0, 0.1) is 6.92 Å². The molecule has 5 heteroatoms. The fourth-order valence-corrected chi connectivity index (χ4v) is 2.58. The number of aromatic hydroxyl groups is 1. The molecule has 0 saturated carbocycles. The van der Waals surface area contributed by atoms with E-state index in [1.807, 2.05) is 0 Å². The van der Waals surface area contributed by atoms with Crippen molar-refractivity contribution in [1.29, 1.82) is 0 Å². The van der Waals surface area contributed by atoms with E-state index >= 15 is 0 Å². The van der Waals surface area contributed by atoms with Gasteiger partial charge >= 0.3 is 0 Å². The maximum Gasteiger partial charge on any atom is 0.203 e. The summed E-state index contributed by atoms with van der Waals surface area (Å²) >= 11 is 0. The fraction of sp³-hybridized carbons (Fsp3) is 0.267. The van der Waals surface area contributed by atoms with Crippen LogP contribution >= 0.6 is 0 Å². The molecule has 0 fully saturated rings. The van der Waals surface area contributed by atoms with Crippen LogP contribution in [0.3, 0.4) is 0 Å². The average Bonchev–Trinajstić information content (AvgIpc) is 2.78. The topological polar surface area (TPSA) is 79.9 Å². The summed E-state index contributed by atoms with van der Waals surface area (Å²) in [5.41, 5.74) is -0.828. The van der Waals surface area contributed by atoms with E-state index in [-0.39, 0.29) is 11.3 Å². The van der Waals surface area contributed by atoms with E-state index < -0.39 is 11.4 Å². The minimum absolute atomic E-state index is 0.0534. The molecule has 1 aromatic heterocycles. The first-order valence-electron chi connectivity index (χ1n) is 6.15. The summed E-state index contributed by atoms with van der Waals surface area (Å²) < 4.78 is 10.7. The van der Waals surface area contributed by atoms with Gasteiger partial charge in [-0.15, -0.1) is 0 Å². The van der Waals surface area contributed by atoms with Gasteiger partial charge in [0.15, 0.2) is 5.60 Å². The number of ketones is 1. The lowest BCUT2D eigenvalue weighted by Crippen LogP contribution is -2.35. The summed E-state index contributed by atoms with van der Waals surface area (Å²) in [5.74, 6) is 0.593. The predicted molar refractivity (Wildman–Crippen MR) is 71.0 cm³/mol. The lowest BCUT2D eigenvalue weighted by Gasteiger charge is -2.28. The van der Waals surface area contributed by atoms with Crippen LogP contribution < -0.4 is 4.74 Å². The zero-order valence-corrected chi connectivity index (χ0v) is 11.4. The number of rotatable bonds is 1. The monoisotopic (exact) mass is 274 g/mol. The molecule has 1 aliphatic carbocycles. The van der Waals surface area contributed by atoms with Gasteiger partial charge in [0.2, 0.25) is 5.78 Å². The number of phenols is 1. The molecule has 0 aliphatic heterocycles. The minimum Gasteiger partial charge on any atom is -0.507 e. The Bertz CT molecular complexity index is 724. The SMILES string of the molecule is COc1cc(O)c2c(c1)-c1oc(C)cc1C(C)(O)C2=O. The van der Waals surface area contributed by atoms with Gasteiger partial charge in [-0.25, -0.2) is 0 Å². The summed E-state index contributed by atoms with van der Waals surface area (Å²) in [6, 6.07) is 4.59. The Labute approximate surface area is 115 Å². The Morgan fingerprint density at radius 2 is 2.00 bits per heavy atom. The van der Waals surface area contributed by atoms with E-state index in [1.54, 1.807) is 19.1 Å². The highest BCUT2D eigenvalue weighted by Crippen LogP contribution is 2.47. The Morgan fingerprint density at radius 1 is 1.30 bits per heavy atom. The van der Waals surface area contributed by atoms with Gasteiger partial charge in [-0.05, 0) is 26.0 Å². The number of aliphatic hydroxyl groups is 1. The summed E-state index contributed by atoms with van der Waals surface area (Å²) in [4.78, 5) is 12.4. The molecule has 1 atom stereocenters. The van der Waals surface area contributed by atoms with Crippen molar-refractivity contribution in [3.05, 3.63) is 35.1 Å². The van der Waals surface area contributed by atoms with Crippen molar-refractivity contribution < 1.29 is 24.2 Å². The molecule has 104 valence electrons. The molecule has 0 amide bonds. The molecular formula is C15H14O5. The van der Waals surface area contributed by atoms with Crippen LogP contribution in [0.4, 0.5) is 0 Å². The average molecular weight is 274 g/mol. The quantitative estimate of drug-likeness (QED) is 0.834. The number of hydrogen-bond donors (Lipinski definition) is 2. The van der Waals surface area contributed by atoms with E-state index in [1.165, 1.54) is 20.1 Å². The number of phenolic OH excluding ortho intramolecular Hbond substituents is 1. The van der Waals surface area contributed by atoms with Gasteiger partial charge in [-0.3, -0.25) is 4.79 Å². The number of benzene rings is 1. The molecule has 2 aromatic rings. The van der Waals surface area contributed by atoms with Crippen molar-refractivity contribution in [2.75, 3.05) is 7.11 Å². The largest absolute Gasteiger partial charge is 0.507 e. The van der Waals surface area contributed by atoms with E-state index in [4.69, 9.17) is 9.15 Å². The molecule has 1 unspecified atom stereocenters. The van der Waals surface area contributed by atoms with E-state index in [9.17, 15) is 15.0 Å². The summed E-state index contributed by atoms with van der Waals surface area (Å²) in [5, 5.41) is 20.5. The van der Waals surface area contributed by atoms with Gasteiger partial charge in [0.25, 0.3) is 0 Å². The molecular weight excluding hydrogens is 260 g/mol. The van der Waals surface area contributed by atoms with Crippen molar-refractivity contribution in [1.82, 2.24) is 0 Å². The summed E-state index contributed by atoms with van der Waals surface area (Å²) in [6.45, 7) is 3.13. The van der Waals surface area contributed by atoms with Crippen molar-refractivity contribution in [2.24, 2.45) is 0 Å². The zero-order valence-electron chi connectivity index (χ0n) is 11.4. The smallest absolute Gasteiger partial charge is 0.203 e. The van der Waals surface area contributed by atoms with Gasteiger partial charge in [0.1, 0.15) is 23.0 Å². The van der Waals surface area contributed by atoms with Gasteiger partial charge < -0.3 is 19.4 Å². The highest BCUT2D eigenvalue weighted by molar-refractivity contribution is 6.13. The van der Waals surface area contributed by atoms with Crippen molar-refractivity contribution in [3.8, 4) is 22.8 Å². The third-order valence-corrected chi connectivity index (χ3v) is 3.62. The highest BCUT2D eigenvalue weighted by Gasteiger charge is 2.45. The number of hydrogen-bond acceptors (Lipinski definition) is 5. The number of aryl methyl sites for hydroxylation is 1. The fourth-order valence-electron chi connectivity index (χ4n) is 2.58. The third-order valence-electron chi connectivity index (χ3n) is 3.62. The standard InChI is InChI=1S/C15H14O5/c1-7-4-10-13(20-7)9-5-8(19-3)6-11(16)12(9)14(17)15(10,2)18/h4-6,16,18H,1-3H3. The second-order valence-corrected chi connectivity index (χ2v) is 5.07. The molecule has 0 radical (unpaired) electrons. The first-order valence-corrected chi connectivity index (χ1v) is 6.15. The first-order chi connectivity index (χ1) is 9.36. The lowest BCUT2D eigenvalue weighted by atomic mass is 9.78. The Kier molecular flexibility index (Phi) is 2.46. The van der Waals surface area contributed by atoms with E-state index in [0.717, 1.165) is 0 Å².